The van der Waals surface area contributed by atoms with Gasteiger partial charge in [-0.3, -0.25) is 14.4 Å². The first-order valence-corrected chi connectivity index (χ1v) is 10.6. The third-order valence-corrected chi connectivity index (χ3v) is 5.46. The van der Waals surface area contributed by atoms with Crippen molar-refractivity contribution in [2.24, 2.45) is 0 Å². The van der Waals surface area contributed by atoms with Gasteiger partial charge in [-0.25, -0.2) is 9.97 Å². The molecule has 160 valence electrons. The molecule has 0 unspecified atom stereocenters. The van der Waals surface area contributed by atoms with Crippen LogP contribution >= 0.6 is 0 Å². The van der Waals surface area contributed by atoms with Crippen LogP contribution in [0.4, 0.5) is 5.82 Å². The van der Waals surface area contributed by atoms with Crippen molar-refractivity contribution in [1.29, 1.82) is 5.26 Å². The average molecular weight is 432 g/mol. The van der Waals surface area contributed by atoms with Crippen LogP contribution in [-0.2, 0) is 6.54 Å². The quantitative estimate of drug-likeness (QED) is 0.423. The summed E-state index contributed by atoms with van der Waals surface area (Å²) in [5, 5.41) is 12.6. The number of anilines is 1. The minimum atomic E-state index is 0.568. The standard InChI is InChI=1S/C26H21N7/c1-17-8-22(15-28-12-17)24-18(2)9-20(13-30-24)14-31-25-26-32-16-23(33(26)7-6-29-25)21-5-3-4-19(10-21)11-27/h3-10,12-13,15-16H,14H2,1-2H3,(H,29,31). The van der Waals surface area contributed by atoms with Crippen molar-refractivity contribution in [3.05, 3.63) is 95.8 Å². The highest BCUT2D eigenvalue weighted by Gasteiger charge is 2.11. The third kappa shape index (κ3) is 4.02. The second kappa shape index (κ2) is 8.52. The predicted octanol–water partition coefficient (Wildman–Crippen LogP) is 4.95. The Labute approximate surface area is 191 Å². The van der Waals surface area contributed by atoms with E-state index in [-0.39, 0.29) is 0 Å². The van der Waals surface area contributed by atoms with E-state index in [1.165, 1.54) is 0 Å². The van der Waals surface area contributed by atoms with Gasteiger partial charge in [-0.1, -0.05) is 18.2 Å². The van der Waals surface area contributed by atoms with E-state index < -0.39 is 0 Å². The summed E-state index contributed by atoms with van der Waals surface area (Å²) in [7, 11) is 0. The van der Waals surface area contributed by atoms with Crippen LogP contribution in [-0.4, -0.2) is 24.3 Å². The normalized spacial score (nSPS) is 10.8. The van der Waals surface area contributed by atoms with Crippen molar-refractivity contribution in [2.45, 2.75) is 20.4 Å². The number of fused-ring (bicyclic) bond motifs is 1. The van der Waals surface area contributed by atoms with Crippen LogP contribution in [0.3, 0.4) is 0 Å². The zero-order valence-electron chi connectivity index (χ0n) is 18.3. The molecular formula is C26H21N7. The summed E-state index contributed by atoms with van der Waals surface area (Å²) in [6, 6.07) is 13.9. The van der Waals surface area contributed by atoms with E-state index in [0.29, 0.717) is 17.9 Å². The summed E-state index contributed by atoms with van der Waals surface area (Å²) in [6.45, 7) is 4.65. The van der Waals surface area contributed by atoms with Crippen LogP contribution in [0, 0.1) is 25.2 Å². The molecule has 0 radical (unpaired) electrons. The molecule has 0 fully saturated rings. The van der Waals surface area contributed by atoms with Gasteiger partial charge in [0.1, 0.15) is 0 Å². The second-order valence-corrected chi connectivity index (χ2v) is 7.92. The van der Waals surface area contributed by atoms with Gasteiger partial charge in [0, 0.05) is 48.7 Å². The van der Waals surface area contributed by atoms with Gasteiger partial charge in [0.25, 0.3) is 0 Å². The Morgan fingerprint density at radius 2 is 1.88 bits per heavy atom. The van der Waals surface area contributed by atoms with Gasteiger partial charge < -0.3 is 5.32 Å². The maximum absolute atomic E-state index is 9.21. The molecule has 1 aromatic carbocycles. The molecule has 1 N–H and O–H groups in total. The minimum Gasteiger partial charge on any atom is -0.363 e. The summed E-state index contributed by atoms with van der Waals surface area (Å²) in [5.41, 5.74) is 8.38. The Hall–Kier alpha value is -4.57. The Kier molecular flexibility index (Phi) is 5.25. The molecule has 0 bridgehead atoms. The van der Waals surface area contributed by atoms with E-state index in [1.54, 1.807) is 18.5 Å². The molecule has 0 saturated heterocycles. The Morgan fingerprint density at radius 1 is 0.970 bits per heavy atom. The molecule has 0 aliphatic heterocycles. The van der Waals surface area contributed by atoms with E-state index >= 15 is 0 Å². The highest BCUT2D eigenvalue weighted by atomic mass is 15.1. The topological polar surface area (TPSA) is 91.8 Å². The van der Waals surface area contributed by atoms with Crippen LogP contribution < -0.4 is 5.32 Å². The molecule has 4 aromatic heterocycles. The van der Waals surface area contributed by atoms with Crippen LogP contribution in [0.5, 0.6) is 0 Å². The van der Waals surface area contributed by atoms with E-state index in [2.05, 4.69) is 50.4 Å². The first-order valence-electron chi connectivity index (χ1n) is 10.6. The number of rotatable bonds is 5. The average Bonchev–Trinajstić information content (AvgIpc) is 3.28. The highest BCUT2D eigenvalue weighted by molar-refractivity contribution is 5.71. The second-order valence-electron chi connectivity index (χ2n) is 7.92. The lowest BCUT2D eigenvalue weighted by Crippen LogP contribution is -2.05. The molecule has 5 aromatic rings. The minimum absolute atomic E-state index is 0.568. The van der Waals surface area contributed by atoms with Crippen molar-refractivity contribution in [3.8, 4) is 28.6 Å². The number of pyridine rings is 2. The number of aryl methyl sites for hydroxylation is 2. The smallest absolute Gasteiger partial charge is 0.180 e. The summed E-state index contributed by atoms with van der Waals surface area (Å²) < 4.78 is 1.98. The lowest BCUT2D eigenvalue weighted by Gasteiger charge is -2.10. The molecular weight excluding hydrogens is 410 g/mol. The first-order chi connectivity index (χ1) is 16.1. The number of aromatic nitrogens is 5. The van der Waals surface area contributed by atoms with Crippen molar-refractivity contribution in [1.82, 2.24) is 24.3 Å². The number of nitrogens with zero attached hydrogens (tertiary/aromatic N) is 6. The molecule has 0 aliphatic rings. The van der Waals surface area contributed by atoms with Gasteiger partial charge in [-0.05, 0) is 48.7 Å². The summed E-state index contributed by atoms with van der Waals surface area (Å²) in [5.74, 6) is 0.685. The van der Waals surface area contributed by atoms with Crippen LogP contribution in [0.1, 0.15) is 22.3 Å². The summed E-state index contributed by atoms with van der Waals surface area (Å²) >= 11 is 0. The van der Waals surface area contributed by atoms with Gasteiger partial charge in [-0.2, -0.15) is 5.26 Å². The fourth-order valence-corrected chi connectivity index (χ4v) is 3.91. The third-order valence-electron chi connectivity index (χ3n) is 5.46. The predicted molar refractivity (Wildman–Crippen MR) is 127 cm³/mol. The molecule has 0 spiro atoms. The number of benzene rings is 1. The highest BCUT2D eigenvalue weighted by Crippen LogP contribution is 2.25. The Morgan fingerprint density at radius 3 is 2.70 bits per heavy atom. The molecule has 4 heterocycles. The maximum atomic E-state index is 9.21. The molecule has 33 heavy (non-hydrogen) atoms. The van der Waals surface area contributed by atoms with Crippen LogP contribution in [0.2, 0.25) is 0 Å². The maximum Gasteiger partial charge on any atom is 0.180 e. The molecule has 0 atom stereocenters. The summed E-state index contributed by atoms with van der Waals surface area (Å²) in [6.07, 6.45) is 11.0. The summed E-state index contributed by atoms with van der Waals surface area (Å²) in [4.78, 5) is 18.0. The van der Waals surface area contributed by atoms with Crippen molar-refractivity contribution in [3.63, 3.8) is 0 Å². The lowest BCUT2D eigenvalue weighted by molar-refractivity contribution is 1.05. The molecule has 7 nitrogen and oxygen atoms in total. The van der Waals surface area contributed by atoms with Gasteiger partial charge in [0.05, 0.1) is 29.2 Å². The van der Waals surface area contributed by atoms with Gasteiger partial charge >= 0.3 is 0 Å². The molecule has 0 amide bonds. The zero-order valence-corrected chi connectivity index (χ0v) is 18.3. The van der Waals surface area contributed by atoms with Crippen LogP contribution in [0.25, 0.3) is 28.2 Å². The van der Waals surface area contributed by atoms with Crippen LogP contribution in [0.15, 0.2) is 73.6 Å². The Balaban J connectivity index is 1.40. The SMILES string of the molecule is Cc1cncc(-c2ncc(CNc3nccn4c(-c5cccc(C#N)c5)cnc34)cc2C)c1. The first kappa shape index (κ1) is 20.3. The van der Waals surface area contributed by atoms with Gasteiger partial charge in [0.15, 0.2) is 11.5 Å². The monoisotopic (exact) mass is 431 g/mol. The Bertz CT molecular complexity index is 1510. The molecule has 5 rings (SSSR count). The van der Waals surface area contributed by atoms with Crippen molar-refractivity contribution < 1.29 is 0 Å². The van der Waals surface area contributed by atoms with Crippen molar-refractivity contribution in [2.75, 3.05) is 5.32 Å². The molecule has 7 heteroatoms. The molecule has 0 aliphatic carbocycles. The fourth-order valence-electron chi connectivity index (χ4n) is 3.91. The van der Waals surface area contributed by atoms with E-state index in [4.69, 9.17) is 0 Å². The van der Waals surface area contributed by atoms with E-state index in [1.807, 2.05) is 54.3 Å². The van der Waals surface area contributed by atoms with Gasteiger partial charge in [-0.15, -0.1) is 0 Å². The lowest BCUT2D eigenvalue weighted by atomic mass is 10.1. The van der Waals surface area contributed by atoms with Gasteiger partial charge in [0.2, 0.25) is 0 Å². The number of hydrogen-bond acceptors (Lipinski definition) is 6. The zero-order chi connectivity index (χ0) is 22.8. The largest absolute Gasteiger partial charge is 0.363 e. The van der Waals surface area contributed by atoms with E-state index in [9.17, 15) is 5.26 Å². The number of imidazole rings is 1. The van der Waals surface area contributed by atoms with Crippen molar-refractivity contribution >= 4 is 11.5 Å². The number of nitrogens with one attached hydrogen (secondary N) is 1. The number of hydrogen-bond donors (Lipinski definition) is 1. The number of nitriles is 1. The van der Waals surface area contributed by atoms with E-state index in [0.717, 1.165) is 44.9 Å². The molecule has 0 saturated carbocycles. The fraction of sp³-hybridized carbons (Fsp3) is 0.115.